The van der Waals surface area contributed by atoms with Crippen LogP contribution in [0.2, 0.25) is 0 Å². The van der Waals surface area contributed by atoms with Crippen LogP contribution in [-0.4, -0.2) is 24.0 Å². The van der Waals surface area contributed by atoms with Gasteiger partial charge in [0.15, 0.2) is 6.61 Å². The molecule has 28 heavy (non-hydrogen) atoms. The van der Waals surface area contributed by atoms with Gasteiger partial charge in [0.1, 0.15) is 5.75 Å². The molecule has 1 fully saturated rings. The van der Waals surface area contributed by atoms with E-state index in [0.29, 0.717) is 16.4 Å². The smallest absolute Gasteiger partial charge is 0.262 e. The first-order valence-corrected chi connectivity index (χ1v) is 11.9. The largest absolute Gasteiger partial charge is 0.484 e. The SMILES string of the molecule is CC(C)c1cccc(C(C)C)c1NC(=O)COc1ccc(C2SCCS2)cc1. The van der Waals surface area contributed by atoms with E-state index in [1.807, 2.05) is 35.7 Å². The molecule has 3 rings (SSSR count). The zero-order valence-electron chi connectivity index (χ0n) is 17.0. The average molecular weight is 416 g/mol. The van der Waals surface area contributed by atoms with Crippen LogP contribution in [0.3, 0.4) is 0 Å². The third-order valence-electron chi connectivity index (χ3n) is 4.78. The molecule has 0 saturated carbocycles. The molecule has 1 N–H and O–H groups in total. The van der Waals surface area contributed by atoms with Gasteiger partial charge in [-0.05, 0) is 40.7 Å². The topological polar surface area (TPSA) is 38.3 Å². The van der Waals surface area contributed by atoms with E-state index >= 15 is 0 Å². The van der Waals surface area contributed by atoms with Gasteiger partial charge in [0.25, 0.3) is 5.91 Å². The van der Waals surface area contributed by atoms with Gasteiger partial charge in [-0.2, -0.15) is 0 Å². The molecule has 2 aromatic carbocycles. The Hall–Kier alpha value is -1.59. The summed E-state index contributed by atoms with van der Waals surface area (Å²) in [5, 5.41) is 3.10. The van der Waals surface area contributed by atoms with Gasteiger partial charge in [-0.1, -0.05) is 58.0 Å². The molecule has 1 heterocycles. The summed E-state index contributed by atoms with van der Waals surface area (Å²) in [7, 11) is 0. The number of anilines is 1. The highest BCUT2D eigenvalue weighted by Gasteiger charge is 2.18. The summed E-state index contributed by atoms with van der Waals surface area (Å²) in [5.41, 5.74) is 4.58. The van der Waals surface area contributed by atoms with Gasteiger partial charge in [0.2, 0.25) is 0 Å². The molecule has 5 heteroatoms. The second-order valence-corrected chi connectivity index (χ2v) is 10.3. The molecule has 1 aliphatic heterocycles. The number of benzene rings is 2. The van der Waals surface area contributed by atoms with E-state index in [0.717, 1.165) is 22.6 Å². The minimum atomic E-state index is -0.124. The van der Waals surface area contributed by atoms with Gasteiger partial charge in [-0.25, -0.2) is 0 Å². The molecule has 0 radical (unpaired) electrons. The van der Waals surface area contributed by atoms with Crippen molar-refractivity contribution < 1.29 is 9.53 Å². The Labute approximate surface area is 177 Å². The van der Waals surface area contributed by atoms with Crippen molar-refractivity contribution in [1.29, 1.82) is 0 Å². The van der Waals surface area contributed by atoms with Crippen LogP contribution in [0.1, 0.15) is 60.8 Å². The predicted octanol–water partition coefficient (Wildman–Crippen LogP) is 6.43. The van der Waals surface area contributed by atoms with E-state index in [1.54, 1.807) is 0 Å². The molecular weight excluding hydrogens is 386 g/mol. The molecule has 1 amide bonds. The van der Waals surface area contributed by atoms with Gasteiger partial charge < -0.3 is 10.1 Å². The molecule has 0 bridgehead atoms. The van der Waals surface area contributed by atoms with E-state index < -0.39 is 0 Å². The van der Waals surface area contributed by atoms with Gasteiger partial charge >= 0.3 is 0 Å². The maximum absolute atomic E-state index is 12.6. The number of amides is 1. The fourth-order valence-electron chi connectivity index (χ4n) is 3.29. The third kappa shape index (κ3) is 5.26. The Morgan fingerprint density at radius 1 is 1.00 bits per heavy atom. The molecule has 0 aliphatic carbocycles. The summed E-state index contributed by atoms with van der Waals surface area (Å²) >= 11 is 3.97. The molecule has 0 aromatic heterocycles. The van der Waals surface area contributed by atoms with Crippen LogP contribution in [0.5, 0.6) is 5.75 Å². The minimum absolute atomic E-state index is 0.0102. The fraction of sp³-hybridized carbons (Fsp3) is 0.435. The molecule has 2 aromatic rings. The van der Waals surface area contributed by atoms with Crippen molar-refractivity contribution in [2.75, 3.05) is 23.4 Å². The van der Waals surface area contributed by atoms with E-state index in [2.05, 4.69) is 63.3 Å². The maximum atomic E-state index is 12.6. The average Bonchev–Trinajstić information content (AvgIpc) is 3.21. The summed E-state index contributed by atoms with van der Waals surface area (Å²) < 4.78 is 6.26. The van der Waals surface area contributed by atoms with Crippen molar-refractivity contribution in [3.63, 3.8) is 0 Å². The molecule has 1 saturated heterocycles. The van der Waals surface area contributed by atoms with Gasteiger partial charge in [0, 0.05) is 17.2 Å². The van der Waals surface area contributed by atoms with Crippen molar-refractivity contribution in [1.82, 2.24) is 0 Å². The number of rotatable bonds is 7. The standard InChI is InChI=1S/C23H29NO2S2/c1-15(2)19-6-5-7-20(16(3)4)22(19)24-21(25)14-26-18-10-8-17(9-11-18)23-27-12-13-28-23/h5-11,15-16,23H,12-14H2,1-4H3,(H,24,25). The molecule has 0 atom stereocenters. The lowest BCUT2D eigenvalue weighted by Gasteiger charge is -2.20. The number of para-hydroxylation sites is 1. The Balaban J connectivity index is 1.63. The highest BCUT2D eigenvalue weighted by Crippen LogP contribution is 2.45. The first kappa shape index (κ1) is 21.1. The van der Waals surface area contributed by atoms with Crippen LogP contribution < -0.4 is 10.1 Å². The van der Waals surface area contributed by atoms with Gasteiger partial charge in [-0.3, -0.25) is 4.79 Å². The Bertz CT molecular complexity index is 770. The number of hydrogen-bond donors (Lipinski definition) is 1. The molecule has 150 valence electrons. The number of hydrogen-bond acceptors (Lipinski definition) is 4. The van der Waals surface area contributed by atoms with Crippen molar-refractivity contribution >= 4 is 35.1 Å². The monoisotopic (exact) mass is 415 g/mol. The predicted molar refractivity (Wildman–Crippen MR) is 123 cm³/mol. The van der Waals surface area contributed by atoms with Crippen LogP contribution >= 0.6 is 23.5 Å². The van der Waals surface area contributed by atoms with E-state index in [9.17, 15) is 4.79 Å². The number of ether oxygens (including phenoxy) is 1. The Morgan fingerprint density at radius 3 is 2.11 bits per heavy atom. The quantitative estimate of drug-likeness (QED) is 0.565. The number of nitrogens with one attached hydrogen (secondary N) is 1. The second kappa shape index (κ2) is 9.75. The van der Waals surface area contributed by atoms with Crippen molar-refractivity contribution in [2.45, 2.75) is 44.1 Å². The second-order valence-electron chi connectivity index (χ2n) is 7.60. The summed E-state index contributed by atoms with van der Waals surface area (Å²) in [6.45, 7) is 8.60. The molecule has 0 unspecified atom stereocenters. The first-order chi connectivity index (χ1) is 13.5. The van der Waals surface area contributed by atoms with Crippen molar-refractivity contribution in [3.05, 3.63) is 59.2 Å². The molecular formula is C23H29NO2S2. The van der Waals surface area contributed by atoms with Crippen LogP contribution in [0.4, 0.5) is 5.69 Å². The highest BCUT2D eigenvalue weighted by atomic mass is 32.2. The first-order valence-electron chi connectivity index (χ1n) is 9.84. The zero-order chi connectivity index (χ0) is 20.1. The molecule has 3 nitrogen and oxygen atoms in total. The lowest BCUT2D eigenvalue weighted by Crippen LogP contribution is -2.22. The van der Waals surface area contributed by atoms with E-state index in [4.69, 9.17) is 4.74 Å². The number of carbonyl (C=O) groups is 1. The summed E-state index contributed by atoms with van der Waals surface area (Å²) in [5.74, 6) is 3.71. The van der Waals surface area contributed by atoms with Crippen molar-refractivity contribution in [2.24, 2.45) is 0 Å². The third-order valence-corrected chi connectivity index (χ3v) is 7.89. The molecule has 0 spiro atoms. The Morgan fingerprint density at radius 2 is 1.57 bits per heavy atom. The minimum Gasteiger partial charge on any atom is -0.484 e. The number of carbonyl (C=O) groups excluding carboxylic acids is 1. The highest BCUT2D eigenvalue weighted by molar-refractivity contribution is 8.19. The number of thioether (sulfide) groups is 2. The normalized spacial score (nSPS) is 14.6. The van der Waals surface area contributed by atoms with Gasteiger partial charge in [0.05, 0.1) is 4.58 Å². The van der Waals surface area contributed by atoms with Crippen LogP contribution in [-0.2, 0) is 4.79 Å². The van der Waals surface area contributed by atoms with E-state index in [-0.39, 0.29) is 12.5 Å². The molecule has 1 aliphatic rings. The fourth-order valence-corrected chi connectivity index (χ4v) is 6.15. The summed E-state index contributed by atoms with van der Waals surface area (Å²) in [6.07, 6.45) is 0. The lowest BCUT2D eigenvalue weighted by atomic mass is 9.92. The Kier molecular flexibility index (Phi) is 7.36. The van der Waals surface area contributed by atoms with Crippen LogP contribution in [0.15, 0.2) is 42.5 Å². The summed E-state index contributed by atoms with van der Waals surface area (Å²) in [6, 6.07) is 14.4. The van der Waals surface area contributed by atoms with Crippen molar-refractivity contribution in [3.8, 4) is 5.75 Å². The van der Waals surface area contributed by atoms with Gasteiger partial charge in [-0.15, -0.1) is 23.5 Å². The summed E-state index contributed by atoms with van der Waals surface area (Å²) in [4.78, 5) is 12.6. The maximum Gasteiger partial charge on any atom is 0.262 e. The lowest BCUT2D eigenvalue weighted by molar-refractivity contribution is -0.118. The van der Waals surface area contributed by atoms with Crippen LogP contribution in [0, 0.1) is 0 Å². The van der Waals surface area contributed by atoms with E-state index in [1.165, 1.54) is 17.1 Å². The zero-order valence-corrected chi connectivity index (χ0v) is 18.7. The van der Waals surface area contributed by atoms with Crippen LogP contribution in [0.25, 0.3) is 0 Å².